The van der Waals surface area contributed by atoms with Gasteiger partial charge in [-0.25, -0.2) is 0 Å². The Morgan fingerprint density at radius 1 is 1.10 bits per heavy atom. The van der Waals surface area contributed by atoms with Crippen LogP contribution >= 0.6 is 0 Å². The first-order valence-electron chi connectivity index (χ1n) is 6.90. The fraction of sp³-hybridized carbons (Fsp3) is 0.111. The minimum Gasteiger partial charge on any atom is -0.298 e. The second kappa shape index (κ2) is 5.75. The van der Waals surface area contributed by atoms with E-state index >= 15 is 0 Å². The van der Waals surface area contributed by atoms with Crippen LogP contribution in [0.25, 0.3) is 11.3 Å². The second-order valence-corrected chi connectivity index (χ2v) is 5.10. The van der Waals surface area contributed by atoms with Crippen molar-refractivity contribution in [3.63, 3.8) is 0 Å². The largest absolute Gasteiger partial charge is 0.298 e. The van der Waals surface area contributed by atoms with Gasteiger partial charge < -0.3 is 0 Å². The number of benzene rings is 2. The molecule has 3 rings (SSSR count). The smallest absolute Gasteiger partial charge is 0.153 e. The number of aldehydes is 1. The lowest BCUT2D eigenvalue weighted by molar-refractivity contribution is 0.112. The third kappa shape index (κ3) is 2.92. The quantitative estimate of drug-likeness (QED) is 0.681. The predicted octanol–water partition coefficient (Wildman–Crippen LogP) is 3.72. The Labute approximate surface area is 123 Å². The number of nitrogens with zero attached hydrogens (tertiary/aromatic N) is 2. The third-order valence-electron chi connectivity index (χ3n) is 3.40. The molecule has 0 aliphatic carbocycles. The topological polar surface area (TPSA) is 34.9 Å². The first-order valence-corrected chi connectivity index (χ1v) is 6.90. The maximum absolute atomic E-state index is 11.3. The van der Waals surface area contributed by atoms with Gasteiger partial charge in [0.2, 0.25) is 0 Å². The number of carbonyl (C=O) groups is 1. The van der Waals surface area contributed by atoms with Crippen molar-refractivity contribution >= 4 is 6.29 Å². The van der Waals surface area contributed by atoms with E-state index < -0.39 is 0 Å². The molecular formula is C18H16N2O. The first kappa shape index (κ1) is 13.3. The molecule has 0 radical (unpaired) electrons. The summed E-state index contributed by atoms with van der Waals surface area (Å²) in [6, 6.07) is 18.1. The molecule has 3 nitrogen and oxygen atoms in total. The van der Waals surface area contributed by atoms with Gasteiger partial charge in [-0.05, 0) is 18.6 Å². The number of aromatic nitrogens is 2. The normalized spacial score (nSPS) is 10.5. The third-order valence-corrected chi connectivity index (χ3v) is 3.40. The Morgan fingerprint density at radius 2 is 1.90 bits per heavy atom. The molecule has 0 amide bonds. The average Bonchev–Trinajstić information content (AvgIpc) is 2.91. The molecule has 104 valence electrons. The number of rotatable bonds is 4. The van der Waals surface area contributed by atoms with Crippen LogP contribution in [-0.2, 0) is 6.54 Å². The lowest BCUT2D eigenvalue weighted by atomic mass is 10.1. The van der Waals surface area contributed by atoms with Crippen molar-refractivity contribution in [3.8, 4) is 11.3 Å². The molecule has 1 heterocycles. The standard InChI is InChI=1S/C18H16N2O/c1-14-6-5-9-16(10-14)18-17(13-21)12-20(19-18)11-15-7-3-2-4-8-15/h2-10,12-13H,11H2,1H3. The molecule has 3 heteroatoms. The summed E-state index contributed by atoms with van der Waals surface area (Å²) in [5, 5.41) is 4.57. The SMILES string of the molecule is Cc1cccc(-c2nn(Cc3ccccc3)cc2C=O)c1. The lowest BCUT2D eigenvalue weighted by Crippen LogP contribution is -2.00. The van der Waals surface area contributed by atoms with Crippen molar-refractivity contribution in [3.05, 3.63) is 77.5 Å². The van der Waals surface area contributed by atoms with Gasteiger partial charge in [-0.2, -0.15) is 5.10 Å². The second-order valence-electron chi connectivity index (χ2n) is 5.10. The van der Waals surface area contributed by atoms with Crippen molar-refractivity contribution < 1.29 is 4.79 Å². The molecular weight excluding hydrogens is 260 g/mol. The van der Waals surface area contributed by atoms with Gasteiger partial charge in [-0.3, -0.25) is 9.48 Å². The van der Waals surface area contributed by atoms with Crippen LogP contribution in [0, 0.1) is 6.92 Å². The van der Waals surface area contributed by atoms with Crippen molar-refractivity contribution in [1.29, 1.82) is 0 Å². The summed E-state index contributed by atoms with van der Waals surface area (Å²) in [4.78, 5) is 11.3. The molecule has 0 saturated heterocycles. The summed E-state index contributed by atoms with van der Waals surface area (Å²) in [6.07, 6.45) is 2.67. The summed E-state index contributed by atoms with van der Waals surface area (Å²) in [6.45, 7) is 2.69. The van der Waals surface area contributed by atoms with Gasteiger partial charge >= 0.3 is 0 Å². The van der Waals surface area contributed by atoms with E-state index in [-0.39, 0.29) is 0 Å². The molecule has 0 spiro atoms. The van der Waals surface area contributed by atoms with Gasteiger partial charge in [-0.1, -0.05) is 54.1 Å². The van der Waals surface area contributed by atoms with Crippen LogP contribution in [0.2, 0.25) is 0 Å². The molecule has 3 aromatic rings. The van der Waals surface area contributed by atoms with E-state index in [2.05, 4.69) is 17.2 Å². The molecule has 2 aromatic carbocycles. The highest BCUT2D eigenvalue weighted by Crippen LogP contribution is 2.22. The lowest BCUT2D eigenvalue weighted by Gasteiger charge is -2.02. The fourth-order valence-electron chi connectivity index (χ4n) is 2.39. The van der Waals surface area contributed by atoms with Crippen LogP contribution in [-0.4, -0.2) is 16.1 Å². The number of hydrogen-bond acceptors (Lipinski definition) is 2. The van der Waals surface area contributed by atoms with Gasteiger partial charge in [0.25, 0.3) is 0 Å². The van der Waals surface area contributed by atoms with E-state index in [1.807, 2.05) is 54.1 Å². The highest BCUT2D eigenvalue weighted by Gasteiger charge is 2.11. The van der Waals surface area contributed by atoms with Gasteiger partial charge in [0.1, 0.15) is 5.69 Å². The molecule has 1 aromatic heterocycles. The maximum atomic E-state index is 11.3. The molecule has 0 N–H and O–H groups in total. The van der Waals surface area contributed by atoms with Crippen molar-refractivity contribution in [2.45, 2.75) is 13.5 Å². The van der Waals surface area contributed by atoms with Crippen molar-refractivity contribution in [2.24, 2.45) is 0 Å². The van der Waals surface area contributed by atoms with Gasteiger partial charge in [0.15, 0.2) is 6.29 Å². The van der Waals surface area contributed by atoms with Crippen molar-refractivity contribution in [1.82, 2.24) is 9.78 Å². The Balaban J connectivity index is 1.97. The van der Waals surface area contributed by atoms with Crippen LogP contribution in [0.4, 0.5) is 0 Å². The van der Waals surface area contributed by atoms with Crippen LogP contribution in [0.1, 0.15) is 21.5 Å². The van der Waals surface area contributed by atoms with Crippen molar-refractivity contribution in [2.75, 3.05) is 0 Å². The van der Waals surface area contributed by atoms with E-state index in [9.17, 15) is 4.79 Å². The monoisotopic (exact) mass is 276 g/mol. The number of carbonyl (C=O) groups excluding carboxylic acids is 1. The Hall–Kier alpha value is -2.68. The summed E-state index contributed by atoms with van der Waals surface area (Å²) < 4.78 is 1.82. The minimum absolute atomic E-state index is 0.622. The highest BCUT2D eigenvalue weighted by molar-refractivity contribution is 5.85. The maximum Gasteiger partial charge on any atom is 0.153 e. The van der Waals surface area contributed by atoms with Crippen LogP contribution in [0.5, 0.6) is 0 Å². The van der Waals surface area contributed by atoms with Crippen LogP contribution in [0.3, 0.4) is 0 Å². The predicted molar refractivity (Wildman–Crippen MR) is 83.3 cm³/mol. The van der Waals surface area contributed by atoms with Crippen LogP contribution in [0.15, 0.2) is 60.8 Å². The first-order chi connectivity index (χ1) is 10.3. The van der Waals surface area contributed by atoms with Crippen LogP contribution < -0.4 is 0 Å². The van der Waals surface area contributed by atoms with E-state index in [0.717, 1.165) is 28.7 Å². The van der Waals surface area contributed by atoms with Gasteiger partial charge in [0.05, 0.1) is 12.1 Å². The Bertz CT molecular complexity index is 760. The van der Waals surface area contributed by atoms with Gasteiger partial charge in [-0.15, -0.1) is 0 Å². The van der Waals surface area contributed by atoms with E-state index in [1.165, 1.54) is 0 Å². The zero-order valence-corrected chi connectivity index (χ0v) is 11.9. The summed E-state index contributed by atoms with van der Waals surface area (Å²) in [5.41, 5.74) is 4.65. The van der Waals surface area contributed by atoms with Gasteiger partial charge in [0, 0.05) is 11.8 Å². The van der Waals surface area contributed by atoms with E-state index in [0.29, 0.717) is 12.1 Å². The number of aryl methyl sites for hydroxylation is 1. The summed E-state index contributed by atoms with van der Waals surface area (Å²) >= 11 is 0. The molecule has 0 bridgehead atoms. The van der Waals surface area contributed by atoms with E-state index in [4.69, 9.17) is 0 Å². The fourth-order valence-corrected chi connectivity index (χ4v) is 2.39. The molecule has 0 aliphatic rings. The average molecular weight is 276 g/mol. The molecule has 0 saturated carbocycles. The zero-order chi connectivity index (χ0) is 14.7. The summed E-state index contributed by atoms with van der Waals surface area (Å²) in [5.74, 6) is 0. The zero-order valence-electron chi connectivity index (χ0n) is 11.9. The minimum atomic E-state index is 0.622. The summed E-state index contributed by atoms with van der Waals surface area (Å²) in [7, 11) is 0. The Kier molecular flexibility index (Phi) is 3.65. The molecule has 0 aliphatic heterocycles. The number of hydrogen-bond donors (Lipinski definition) is 0. The van der Waals surface area contributed by atoms with E-state index in [1.54, 1.807) is 6.20 Å². The molecule has 0 unspecified atom stereocenters. The molecule has 0 atom stereocenters. The molecule has 0 fully saturated rings. The highest BCUT2D eigenvalue weighted by atomic mass is 16.1. The molecule has 21 heavy (non-hydrogen) atoms. The Morgan fingerprint density at radius 3 is 2.62 bits per heavy atom.